The van der Waals surface area contributed by atoms with E-state index in [2.05, 4.69) is 26.1 Å². The number of rotatable bonds is 6. The molecule has 1 aliphatic rings. The van der Waals surface area contributed by atoms with Crippen LogP contribution in [-0.2, 0) is 4.74 Å². The zero-order valence-electron chi connectivity index (χ0n) is 19.1. The van der Waals surface area contributed by atoms with Gasteiger partial charge in [0.1, 0.15) is 5.60 Å². The van der Waals surface area contributed by atoms with Gasteiger partial charge in [-0.15, -0.1) is 10.2 Å². The Morgan fingerprint density at radius 2 is 1.72 bits per heavy atom. The van der Waals surface area contributed by atoms with Gasteiger partial charge in [0, 0.05) is 17.8 Å². The first-order valence-electron chi connectivity index (χ1n) is 10.9. The number of primary amides is 1. The Hall–Kier alpha value is -3.36. The number of hydrogen-bond donors (Lipinski definition) is 4. The fourth-order valence-electron chi connectivity index (χ4n) is 3.66. The van der Waals surface area contributed by atoms with Crippen molar-refractivity contribution in [3.63, 3.8) is 0 Å². The van der Waals surface area contributed by atoms with Crippen molar-refractivity contribution < 1.29 is 14.3 Å². The highest BCUT2D eigenvalue weighted by molar-refractivity contribution is 5.97. The molecular formula is C23H32N6O3. The number of nitrogens with two attached hydrogens (primary N) is 1. The van der Waals surface area contributed by atoms with Crippen molar-refractivity contribution in [1.82, 2.24) is 15.5 Å². The van der Waals surface area contributed by atoms with Crippen LogP contribution in [0.3, 0.4) is 0 Å². The number of carbonyl (C=O) groups is 2. The number of benzene rings is 1. The van der Waals surface area contributed by atoms with Crippen LogP contribution in [0, 0.1) is 6.92 Å². The Morgan fingerprint density at radius 1 is 1.06 bits per heavy atom. The minimum Gasteiger partial charge on any atom is -0.444 e. The zero-order valence-corrected chi connectivity index (χ0v) is 19.1. The van der Waals surface area contributed by atoms with Gasteiger partial charge in [-0.1, -0.05) is 30.5 Å². The molecule has 1 heterocycles. The second-order valence-corrected chi connectivity index (χ2v) is 9.14. The molecule has 0 unspecified atom stereocenters. The van der Waals surface area contributed by atoms with Crippen LogP contribution >= 0.6 is 0 Å². The number of aromatic nitrogens is 2. The van der Waals surface area contributed by atoms with Crippen molar-refractivity contribution in [3.05, 3.63) is 41.6 Å². The highest BCUT2D eigenvalue weighted by Crippen LogP contribution is 2.26. The standard InChI is InChI=1S/C23H32N6O3/c1-14-9-11-15(12-10-14)25-18-13-19(28-29-20(18)21(24)30)26-16-7-5-6-8-17(16)27-22(31)32-23(2,3)4/h9-13,16-17H,5-8H2,1-4H3,(H2,24,30)(H,27,31)(H2,25,26,28)/t16-,17+/m1/s1. The number of ether oxygens (including phenoxy) is 1. The highest BCUT2D eigenvalue weighted by atomic mass is 16.6. The Labute approximate surface area is 188 Å². The van der Waals surface area contributed by atoms with E-state index in [9.17, 15) is 9.59 Å². The van der Waals surface area contributed by atoms with Crippen molar-refractivity contribution in [1.29, 1.82) is 0 Å². The molecule has 1 fully saturated rings. The fraction of sp³-hybridized carbons (Fsp3) is 0.478. The predicted molar refractivity (Wildman–Crippen MR) is 124 cm³/mol. The molecule has 1 aromatic heterocycles. The summed E-state index contributed by atoms with van der Waals surface area (Å²) in [6, 6.07) is 9.32. The summed E-state index contributed by atoms with van der Waals surface area (Å²) in [5.41, 5.74) is 7.38. The Balaban J connectivity index is 1.76. The first kappa shape index (κ1) is 23.3. The summed E-state index contributed by atoms with van der Waals surface area (Å²) in [6.07, 6.45) is 3.31. The molecule has 0 spiro atoms. The van der Waals surface area contributed by atoms with Crippen LogP contribution in [0.15, 0.2) is 30.3 Å². The van der Waals surface area contributed by atoms with Gasteiger partial charge in [0.15, 0.2) is 11.5 Å². The van der Waals surface area contributed by atoms with Crippen LogP contribution in [0.5, 0.6) is 0 Å². The number of aryl methyl sites for hydroxylation is 1. The third-order valence-corrected chi connectivity index (χ3v) is 5.16. The molecule has 0 aliphatic heterocycles. The van der Waals surface area contributed by atoms with Crippen molar-refractivity contribution >= 4 is 29.2 Å². The number of hydrogen-bond acceptors (Lipinski definition) is 7. The first-order valence-corrected chi connectivity index (χ1v) is 10.9. The number of nitrogens with zero attached hydrogens (tertiary/aromatic N) is 2. The molecule has 2 aromatic rings. The normalized spacial score (nSPS) is 18.5. The molecule has 1 aliphatic carbocycles. The number of carbonyl (C=O) groups excluding carboxylic acids is 2. The van der Waals surface area contributed by atoms with E-state index in [4.69, 9.17) is 10.5 Å². The number of anilines is 3. The van der Waals surface area contributed by atoms with Gasteiger partial charge < -0.3 is 26.4 Å². The van der Waals surface area contributed by atoms with Crippen molar-refractivity contribution in [2.45, 2.75) is 71.1 Å². The van der Waals surface area contributed by atoms with Crippen LogP contribution < -0.4 is 21.7 Å². The van der Waals surface area contributed by atoms with E-state index in [0.29, 0.717) is 11.5 Å². The average Bonchev–Trinajstić information content (AvgIpc) is 2.70. The summed E-state index contributed by atoms with van der Waals surface area (Å²) in [5.74, 6) is -0.173. The SMILES string of the molecule is Cc1ccc(Nc2cc(N[C@@H]3CCCC[C@@H]3NC(=O)OC(C)(C)C)nnc2C(N)=O)cc1. The fourth-order valence-corrected chi connectivity index (χ4v) is 3.66. The van der Waals surface area contributed by atoms with E-state index in [1.54, 1.807) is 6.07 Å². The van der Waals surface area contributed by atoms with E-state index < -0.39 is 17.6 Å². The van der Waals surface area contributed by atoms with Gasteiger partial charge in [0.2, 0.25) is 0 Å². The molecule has 2 atom stereocenters. The molecule has 172 valence electrons. The van der Waals surface area contributed by atoms with E-state index in [-0.39, 0.29) is 17.8 Å². The van der Waals surface area contributed by atoms with Crippen LogP contribution in [0.4, 0.5) is 22.0 Å². The maximum atomic E-state index is 12.3. The lowest BCUT2D eigenvalue weighted by Crippen LogP contribution is -2.49. The summed E-state index contributed by atoms with van der Waals surface area (Å²) in [5, 5.41) is 17.7. The molecule has 2 amide bonds. The third kappa shape index (κ3) is 6.57. The number of amides is 2. The smallest absolute Gasteiger partial charge is 0.407 e. The zero-order chi connectivity index (χ0) is 23.3. The average molecular weight is 441 g/mol. The molecule has 0 radical (unpaired) electrons. The summed E-state index contributed by atoms with van der Waals surface area (Å²) in [7, 11) is 0. The summed E-state index contributed by atoms with van der Waals surface area (Å²) in [6.45, 7) is 7.51. The Kier molecular flexibility index (Phi) is 7.17. The van der Waals surface area contributed by atoms with E-state index in [0.717, 1.165) is 36.9 Å². The molecule has 32 heavy (non-hydrogen) atoms. The molecule has 3 rings (SSSR count). The van der Waals surface area contributed by atoms with E-state index in [1.807, 2.05) is 52.0 Å². The molecule has 5 N–H and O–H groups in total. The van der Waals surface area contributed by atoms with Gasteiger partial charge in [-0.2, -0.15) is 0 Å². The molecule has 9 heteroatoms. The second kappa shape index (κ2) is 9.84. The van der Waals surface area contributed by atoms with Gasteiger partial charge in [0.05, 0.1) is 11.7 Å². The minimum absolute atomic E-state index is 0.0442. The largest absolute Gasteiger partial charge is 0.444 e. The second-order valence-electron chi connectivity index (χ2n) is 9.14. The topological polar surface area (TPSA) is 131 Å². The minimum atomic E-state index is -0.666. The highest BCUT2D eigenvalue weighted by Gasteiger charge is 2.29. The van der Waals surface area contributed by atoms with Gasteiger partial charge >= 0.3 is 6.09 Å². The van der Waals surface area contributed by atoms with Gasteiger partial charge in [-0.3, -0.25) is 4.79 Å². The van der Waals surface area contributed by atoms with Gasteiger partial charge in [0.25, 0.3) is 5.91 Å². The van der Waals surface area contributed by atoms with Gasteiger partial charge in [-0.05, 0) is 52.7 Å². The molecule has 1 aromatic carbocycles. The summed E-state index contributed by atoms with van der Waals surface area (Å²) >= 11 is 0. The maximum Gasteiger partial charge on any atom is 0.407 e. The van der Waals surface area contributed by atoms with Crippen LogP contribution in [-0.4, -0.2) is 39.9 Å². The van der Waals surface area contributed by atoms with Crippen molar-refractivity contribution in [3.8, 4) is 0 Å². The molecule has 0 bridgehead atoms. The predicted octanol–water partition coefficient (Wildman–Crippen LogP) is 3.88. The van der Waals surface area contributed by atoms with Crippen LogP contribution in [0.1, 0.15) is 62.5 Å². The van der Waals surface area contributed by atoms with Crippen molar-refractivity contribution in [2.75, 3.05) is 10.6 Å². The van der Waals surface area contributed by atoms with Crippen LogP contribution in [0.2, 0.25) is 0 Å². The third-order valence-electron chi connectivity index (χ3n) is 5.16. The monoisotopic (exact) mass is 440 g/mol. The number of nitrogens with one attached hydrogen (secondary N) is 3. The summed E-state index contributed by atoms with van der Waals surface area (Å²) in [4.78, 5) is 24.1. The molecule has 0 saturated heterocycles. The van der Waals surface area contributed by atoms with Crippen LogP contribution in [0.25, 0.3) is 0 Å². The van der Waals surface area contributed by atoms with Crippen molar-refractivity contribution in [2.24, 2.45) is 5.73 Å². The molecular weight excluding hydrogens is 408 g/mol. The maximum absolute atomic E-state index is 12.3. The van der Waals surface area contributed by atoms with Gasteiger partial charge in [-0.25, -0.2) is 4.79 Å². The summed E-state index contributed by atoms with van der Waals surface area (Å²) < 4.78 is 5.41. The van der Waals surface area contributed by atoms with E-state index >= 15 is 0 Å². The molecule has 9 nitrogen and oxygen atoms in total. The Bertz CT molecular complexity index is 955. The molecule has 1 saturated carbocycles. The first-order chi connectivity index (χ1) is 15.1. The quantitative estimate of drug-likeness (QED) is 0.536. The lowest BCUT2D eigenvalue weighted by molar-refractivity contribution is 0.0488. The Morgan fingerprint density at radius 3 is 2.34 bits per heavy atom. The van der Waals surface area contributed by atoms with E-state index in [1.165, 1.54) is 0 Å². The lowest BCUT2D eigenvalue weighted by atomic mass is 9.90. The number of alkyl carbamates (subject to hydrolysis) is 1. The lowest BCUT2D eigenvalue weighted by Gasteiger charge is -2.33.